The highest BCUT2D eigenvalue weighted by Crippen LogP contribution is 2.21. The summed E-state index contributed by atoms with van der Waals surface area (Å²) in [5.74, 6) is -0.573. The zero-order chi connectivity index (χ0) is 13.8. The molecular weight excluding hydrogens is 274 g/mol. The van der Waals surface area contributed by atoms with Gasteiger partial charge in [0, 0.05) is 6.54 Å². The first-order chi connectivity index (χ1) is 8.33. The van der Waals surface area contributed by atoms with E-state index < -0.39 is 16.0 Å². The lowest BCUT2D eigenvalue weighted by atomic mass is 10.1. The van der Waals surface area contributed by atoms with Crippen LogP contribution in [0.15, 0.2) is 16.3 Å². The second-order valence-electron chi connectivity index (χ2n) is 4.36. The van der Waals surface area contributed by atoms with E-state index in [2.05, 4.69) is 18.6 Å². The number of hydrogen-bond donors (Lipinski definition) is 2. The van der Waals surface area contributed by atoms with E-state index in [0.29, 0.717) is 12.5 Å². The van der Waals surface area contributed by atoms with Gasteiger partial charge in [0.2, 0.25) is 10.0 Å². The molecule has 0 radical (unpaired) electrons. The molecule has 1 heterocycles. The number of thiophene rings is 1. The first-order valence-corrected chi connectivity index (χ1v) is 7.95. The van der Waals surface area contributed by atoms with Gasteiger partial charge in [-0.25, -0.2) is 17.9 Å². The molecule has 5 nitrogen and oxygen atoms in total. The number of sulfonamides is 1. The minimum atomic E-state index is -3.57. The molecule has 0 spiro atoms. The highest BCUT2D eigenvalue weighted by atomic mass is 32.2. The third kappa shape index (κ3) is 4.40. The van der Waals surface area contributed by atoms with Crippen molar-refractivity contribution in [3.63, 3.8) is 0 Å². The Bertz CT molecular complexity index is 505. The minimum absolute atomic E-state index is 0.0255. The fourth-order valence-electron chi connectivity index (χ4n) is 1.37. The molecule has 0 atom stereocenters. The third-order valence-corrected chi connectivity index (χ3v) is 5.33. The van der Waals surface area contributed by atoms with Gasteiger partial charge in [-0.3, -0.25) is 0 Å². The first kappa shape index (κ1) is 15.1. The van der Waals surface area contributed by atoms with Gasteiger partial charge in [0.1, 0.15) is 9.09 Å². The third-order valence-electron chi connectivity index (χ3n) is 2.31. The lowest BCUT2D eigenvalue weighted by molar-refractivity contribution is 0.0702. The van der Waals surface area contributed by atoms with Crippen LogP contribution in [0, 0.1) is 5.92 Å². The Morgan fingerprint density at radius 2 is 2.11 bits per heavy atom. The molecule has 0 saturated carbocycles. The number of carboxylic acids is 1. The topological polar surface area (TPSA) is 83.5 Å². The fourth-order valence-corrected chi connectivity index (χ4v) is 3.63. The Balaban J connectivity index is 2.60. The molecule has 102 valence electrons. The zero-order valence-electron chi connectivity index (χ0n) is 10.3. The standard InChI is InChI=1S/C11H17NO4S2/c1-8(2)4-3-7-12-18(15,16)10-6-5-9(17-10)11(13)14/h5-6,8,12H,3-4,7H2,1-2H3,(H,13,14). The van der Waals surface area contributed by atoms with E-state index in [9.17, 15) is 13.2 Å². The van der Waals surface area contributed by atoms with Crippen LogP contribution >= 0.6 is 11.3 Å². The summed E-state index contributed by atoms with van der Waals surface area (Å²) < 4.78 is 26.2. The van der Waals surface area contributed by atoms with E-state index in [0.717, 1.165) is 24.2 Å². The van der Waals surface area contributed by atoms with E-state index in [-0.39, 0.29) is 9.09 Å². The molecule has 7 heteroatoms. The highest BCUT2D eigenvalue weighted by molar-refractivity contribution is 7.91. The van der Waals surface area contributed by atoms with Crippen molar-refractivity contribution in [2.45, 2.75) is 30.9 Å². The normalized spacial score (nSPS) is 11.9. The molecule has 18 heavy (non-hydrogen) atoms. The summed E-state index contributed by atoms with van der Waals surface area (Å²) >= 11 is 0.762. The van der Waals surface area contributed by atoms with E-state index in [4.69, 9.17) is 5.11 Å². The summed E-state index contributed by atoms with van der Waals surface area (Å²) in [4.78, 5) is 10.7. The molecule has 1 rings (SSSR count). The van der Waals surface area contributed by atoms with Gasteiger partial charge in [-0.15, -0.1) is 11.3 Å². The maximum atomic E-state index is 11.8. The molecule has 0 bridgehead atoms. The summed E-state index contributed by atoms with van der Waals surface area (Å²) in [5.41, 5.74) is 0. The molecule has 0 amide bonds. The predicted molar refractivity (Wildman–Crippen MR) is 70.5 cm³/mol. The van der Waals surface area contributed by atoms with Crippen LogP contribution in [0.1, 0.15) is 36.4 Å². The molecule has 0 fully saturated rings. The number of carbonyl (C=O) groups is 1. The molecule has 0 aliphatic rings. The average molecular weight is 291 g/mol. The van der Waals surface area contributed by atoms with E-state index in [1.165, 1.54) is 12.1 Å². The molecule has 0 aliphatic heterocycles. The van der Waals surface area contributed by atoms with Gasteiger partial charge < -0.3 is 5.11 Å². The molecular formula is C11H17NO4S2. The Hall–Kier alpha value is -0.920. The lowest BCUT2D eigenvalue weighted by Gasteiger charge is -2.06. The van der Waals surface area contributed by atoms with E-state index in [1.54, 1.807) is 0 Å². The zero-order valence-corrected chi connectivity index (χ0v) is 12.0. The minimum Gasteiger partial charge on any atom is -0.477 e. The second kappa shape index (κ2) is 6.31. The number of hydrogen-bond acceptors (Lipinski definition) is 4. The molecule has 1 aromatic rings. The Morgan fingerprint density at radius 3 is 2.61 bits per heavy atom. The molecule has 0 unspecified atom stereocenters. The largest absolute Gasteiger partial charge is 0.477 e. The van der Waals surface area contributed by atoms with Crippen LogP contribution in [-0.2, 0) is 10.0 Å². The Labute approximate surface area is 111 Å². The van der Waals surface area contributed by atoms with Crippen molar-refractivity contribution in [1.82, 2.24) is 4.72 Å². The van der Waals surface area contributed by atoms with Crippen molar-refractivity contribution < 1.29 is 18.3 Å². The lowest BCUT2D eigenvalue weighted by Crippen LogP contribution is -2.24. The van der Waals surface area contributed by atoms with Crippen LogP contribution in [0.4, 0.5) is 0 Å². The van der Waals surface area contributed by atoms with Gasteiger partial charge in [-0.1, -0.05) is 13.8 Å². The molecule has 2 N–H and O–H groups in total. The quantitative estimate of drug-likeness (QED) is 0.754. The van der Waals surface area contributed by atoms with Crippen molar-refractivity contribution in [2.24, 2.45) is 5.92 Å². The number of aromatic carboxylic acids is 1. The van der Waals surface area contributed by atoms with Gasteiger partial charge in [0.05, 0.1) is 0 Å². The van der Waals surface area contributed by atoms with Gasteiger partial charge in [0.25, 0.3) is 0 Å². The average Bonchev–Trinajstić information content (AvgIpc) is 2.74. The molecule has 1 aromatic heterocycles. The highest BCUT2D eigenvalue weighted by Gasteiger charge is 2.18. The molecule has 0 aliphatic carbocycles. The van der Waals surface area contributed by atoms with E-state index >= 15 is 0 Å². The summed E-state index contributed by atoms with van der Waals surface area (Å²) in [6, 6.07) is 2.62. The smallest absolute Gasteiger partial charge is 0.345 e. The van der Waals surface area contributed by atoms with Gasteiger partial charge in [0.15, 0.2) is 0 Å². The van der Waals surface area contributed by atoms with Crippen molar-refractivity contribution >= 4 is 27.3 Å². The number of rotatable bonds is 7. The maximum Gasteiger partial charge on any atom is 0.345 e. The van der Waals surface area contributed by atoms with Crippen molar-refractivity contribution in [2.75, 3.05) is 6.54 Å². The number of nitrogens with one attached hydrogen (secondary N) is 1. The SMILES string of the molecule is CC(C)CCCNS(=O)(=O)c1ccc(C(=O)O)s1. The second-order valence-corrected chi connectivity index (χ2v) is 7.44. The monoisotopic (exact) mass is 291 g/mol. The first-order valence-electron chi connectivity index (χ1n) is 5.65. The number of carboxylic acid groups (broad SMARTS) is 1. The van der Waals surface area contributed by atoms with E-state index in [1.807, 2.05) is 0 Å². The van der Waals surface area contributed by atoms with Crippen LogP contribution in [0.3, 0.4) is 0 Å². The van der Waals surface area contributed by atoms with Crippen LogP contribution in [0.25, 0.3) is 0 Å². The van der Waals surface area contributed by atoms with Crippen molar-refractivity contribution in [3.8, 4) is 0 Å². The van der Waals surface area contributed by atoms with Crippen molar-refractivity contribution in [3.05, 3.63) is 17.0 Å². The fraction of sp³-hybridized carbons (Fsp3) is 0.545. The van der Waals surface area contributed by atoms with Crippen LogP contribution < -0.4 is 4.72 Å². The predicted octanol–water partition coefficient (Wildman–Crippen LogP) is 2.16. The van der Waals surface area contributed by atoms with Crippen molar-refractivity contribution in [1.29, 1.82) is 0 Å². The Kier molecular flexibility index (Phi) is 5.30. The summed E-state index contributed by atoms with van der Waals surface area (Å²) in [6.07, 6.45) is 1.72. The summed E-state index contributed by atoms with van der Waals surface area (Å²) in [5, 5.41) is 8.73. The Morgan fingerprint density at radius 1 is 1.44 bits per heavy atom. The van der Waals surface area contributed by atoms with Gasteiger partial charge >= 0.3 is 5.97 Å². The van der Waals surface area contributed by atoms with Crippen LogP contribution in [0.2, 0.25) is 0 Å². The van der Waals surface area contributed by atoms with Crippen LogP contribution in [0.5, 0.6) is 0 Å². The molecule has 0 saturated heterocycles. The molecule has 0 aromatic carbocycles. The van der Waals surface area contributed by atoms with Crippen LogP contribution in [-0.4, -0.2) is 26.0 Å². The summed E-state index contributed by atoms with van der Waals surface area (Å²) in [7, 11) is -3.57. The van der Waals surface area contributed by atoms with Gasteiger partial charge in [-0.2, -0.15) is 0 Å². The van der Waals surface area contributed by atoms with Gasteiger partial charge in [-0.05, 0) is 30.9 Å². The summed E-state index contributed by atoms with van der Waals surface area (Å²) in [6.45, 7) is 4.53. The maximum absolute atomic E-state index is 11.8.